The van der Waals surface area contributed by atoms with Crippen molar-refractivity contribution in [3.63, 3.8) is 0 Å². The number of fused-ring (bicyclic) bond motifs is 1. The molecule has 0 bridgehead atoms. The Morgan fingerprint density at radius 3 is 2.92 bits per heavy atom. The molecule has 3 rings (SSSR count). The molecule has 2 heterocycles. The molecular formula is C15H17N6O4+. The monoisotopic (exact) mass is 345 g/mol. The first kappa shape index (κ1) is 16.5. The number of rotatable bonds is 3. The highest BCUT2D eigenvalue weighted by molar-refractivity contribution is 5.86. The summed E-state index contributed by atoms with van der Waals surface area (Å²) in [5.74, 6) is 0.0258. The van der Waals surface area contributed by atoms with Crippen molar-refractivity contribution in [2.75, 3.05) is 23.1 Å². The second-order valence-electron chi connectivity index (χ2n) is 5.06. The van der Waals surface area contributed by atoms with Crippen LogP contribution >= 0.6 is 0 Å². The van der Waals surface area contributed by atoms with Crippen LogP contribution in [0.2, 0.25) is 0 Å². The highest BCUT2D eigenvalue weighted by Gasteiger charge is 2.35. The van der Waals surface area contributed by atoms with Gasteiger partial charge in [0, 0.05) is 11.6 Å². The van der Waals surface area contributed by atoms with E-state index in [4.69, 9.17) is 15.3 Å². The zero-order valence-corrected chi connectivity index (χ0v) is 13.4. The van der Waals surface area contributed by atoms with Crippen LogP contribution in [0, 0.1) is 4.91 Å². The molecular weight excluding hydrogens is 328 g/mol. The Kier molecular flexibility index (Phi) is 4.61. The van der Waals surface area contributed by atoms with Crippen molar-refractivity contribution in [3.05, 3.63) is 46.9 Å². The summed E-state index contributed by atoms with van der Waals surface area (Å²) in [6.07, 6.45) is -1.42. The maximum Gasteiger partial charge on any atom is 0.412 e. The Hall–Kier alpha value is -3.40. The molecule has 1 aromatic heterocycles. The fourth-order valence-electron chi connectivity index (χ4n) is 2.27. The van der Waals surface area contributed by atoms with Crippen LogP contribution in [0.5, 0.6) is 0 Å². The topological polar surface area (TPSA) is 131 Å². The SMILES string of the molecule is CCOC(=O)Nc1cc2c(c(N)n1)[N+](=O)OC(c1ccccc1)NN2. The minimum Gasteiger partial charge on any atom is -0.450 e. The minimum absolute atomic E-state index is 0.000315. The number of nitrogens with one attached hydrogen (secondary N) is 3. The highest BCUT2D eigenvalue weighted by atomic mass is 16.8. The molecule has 1 aliphatic rings. The fraction of sp³-hybridized carbons (Fsp3) is 0.200. The van der Waals surface area contributed by atoms with Crippen molar-refractivity contribution in [2.24, 2.45) is 0 Å². The van der Waals surface area contributed by atoms with Crippen LogP contribution in [0.25, 0.3) is 0 Å². The Balaban J connectivity index is 1.86. The summed E-state index contributed by atoms with van der Waals surface area (Å²) in [4.78, 5) is 33.4. The lowest BCUT2D eigenvalue weighted by Gasteiger charge is -2.11. The largest absolute Gasteiger partial charge is 0.450 e. The zero-order chi connectivity index (χ0) is 17.8. The number of pyridine rings is 1. The summed E-state index contributed by atoms with van der Waals surface area (Å²) in [7, 11) is 0. The van der Waals surface area contributed by atoms with Crippen molar-refractivity contribution in [3.8, 4) is 0 Å². The van der Waals surface area contributed by atoms with Crippen molar-refractivity contribution in [1.29, 1.82) is 0 Å². The van der Waals surface area contributed by atoms with E-state index in [1.54, 1.807) is 19.1 Å². The van der Waals surface area contributed by atoms with E-state index >= 15 is 0 Å². The summed E-state index contributed by atoms with van der Waals surface area (Å²) in [5.41, 5.74) is 12.6. The quantitative estimate of drug-likeness (QED) is 0.666. The first-order valence-corrected chi connectivity index (χ1v) is 7.53. The molecule has 1 aromatic carbocycles. The third-order valence-electron chi connectivity index (χ3n) is 3.35. The van der Waals surface area contributed by atoms with Crippen LogP contribution in [0.1, 0.15) is 18.7 Å². The van der Waals surface area contributed by atoms with Crippen molar-refractivity contribution in [1.82, 2.24) is 10.4 Å². The van der Waals surface area contributed by atoms with Crippen LogP contribution in [-0.4, -0.2) is 22.6 Å². The number of aromatic nitrogens is 1. The third-order valence-corrected chi connectivity index (χ3v) is 3.35. The van der Waals surface area contributed by atoms with Gasteiger partial charge in [-0.15, -0.1) is 0 Å². The van der Waals surface area contributed by atoms with Crippen LogP contribution in [0.3, 0.4) is 0 Å². The third kappa shape index (κ3) is 3.58. The van der Waals surface area contributed by atoms with E-state index in [-0.39, 0.29) is 28.9 Å². The number of carbonyl (C=O) groups excluding carboxylic acids is 1. The predicted molar refractivity (Wildman–Crippen MR) is 89.6 cm³/mol. The van der Waals surface area contributed by atoms with Gasteiger partial charge in [-0.25, -0.2) is 14.6 Å². The van der Waals surface area contributed by atoms with Gasteiger partial charge in [0.1, 0.15) is 11.5 Å². The van der Waals surface area contributed by atoms with Gasteiger partial charge in [0.05, 0.1) is 11.5 Å². The van der Waals surface area contributed by atoms with Crippen LogP contribution in [0.15, 0.2) is 36.4 Å². The Labute approximate surface area is 142 Å². The zero-order valence-electron chi connectivity index (χ0n) is 13.4. The van der Waals surface area contributed by atoms with Gasteiger partial charge >= 0.3 is 11.8 Å². The number of nitrogens with two attached hydrogens (primary N) is 1. The average molecular weight is 345 g/mol. The molecule has 1 aliphatic heterocycles. The molecule has 10 nitrogen and oxygen atoms in total. The van der Waals surface area contributed by atoms with E-state index < -0.39 is 12.3 Å². The number of hydrazine groups is 1. The molecule has 0 aliphatic carbocycles. The average Bonchev–Trinajstić information content (AvgIpc) is 2.75. The van der Waals surface area contributed by atoms with Gasteiger partial charge in [0.2, 0.25) is 5.82 Å². The van der Waals surface area contributed by atoms with Crippen LogP contribution in [-0.2, 0) is 9.57 Å². The molecule has 0 radical (unpaired) electrons. The van der Waals surface area contributed by atoms with Gasteiger partial charge in [-0.3, -0.25) is 5.32 Å². The molecule has 130 valence electrons. The van der Waals surface area contributed by atoms with E-state index in [2.05, 4.69) is 21.2 Å². The second kappa shape index (κ2) is 7.01. The Morgan fingerprint density at radius 2 is 2.20 bits per heavy atom. The van der Waals surface area contributed by atoms with Crippen LogP contribution in [0.4, 0.5) is 27.8 Å². The Morgan fingerprint density at radius 1 is 1.44 bits per heavy atom. The summed E-state index contributed by atoms with van der Waals surface area (Å²) in [6, 6.07) is 10.6. The molecule has 0 fully saturated rings. The van der Waals surface area contributed by atoms with E-state index in [0.717, 1.165) is 5.56 Å². The van der Waals surface area contributed by atoms with E-state index in [9.17, 15) is 9.70 Å². The van der Waals surface area contributed by atoms with Gasteiger partial charge in [0.25, 0.3) is 11.2 Å². The molecule has 1 amide bonds. The molecule has 0 saturated carbocycles. The number of hydrogen-bond donors (Lipinski definition) is 4. The standard InChI is InChI=1S/C15H16N6O4/c1-2-24-15(22)18-11-8-10-12(13(16)17-11)21(23)25-14(20-19-10)9-6-4-3-5-7-9/h3-8,14,20H,2H2,1H3,(H3-,16,17,18,19,22,23)/p+1. The number of anilines is 3. The minimum atomic E-state index is -0.744. The summed E-state index contributed by atoms with van der Waals surface area (Å²) in [5, 5.41) is 2.43. The molecule has 0 saturated heterocycles. The van der Waals surface area contributed by atoms with Gasteiger partial charge in [-0.2, -0.15) is 5.43 Å². The molecule has 10 heteroatoms. The summed E-state index contributed by atoms with van der Waals surface area (Å²) in [6.45, 7) is 1.90. The summed E-state index contributed by atoms with van der Waals surface area (Å²) < 4.78 is 4.79. The van der Waals surface area contributed by atoms with Crippen LogP contribution < -0.4 is 21.9 Å². The maximum absolute atomic E-state index is 12.3. The molecule has 2 aromatic rings. The van der Waals surface area contributed by atoms with Crippen molar-refractivity contribution >= 4 is 29.1 Å². The number of amides is 1. The molecule has 5 N–H and O–H groups in total. The van der Waals surface area contributed by atoms with Gasteiger partial charge in [-0.1, -0.05) is 30.3 Å². The number of hydrogen-bond acceptors (Lipinski definition) is 8. The van der Waals surface area contributed by atoms with E-state index in [0.29, 0.717) is 5.69 Å². The second-order valence-corrected chi connectivity index (χ2v) is 5.06. The molecule has 25 heavy (non-hydrogen) atoms. The first-order chi connectivity index (χ1) is 12.1. The highest BCUT2D eigenvalue weighted by Crippen LogP contribution is 2.35. The lowest BCUT2D eigenvalue weighted by molar-refractivity contribution is -0.758. The lowest BCUT2D eigenvalue weighted by atomic mass is 10.2. The number of nitrogens with zero attached hydrogens (tertiary/aromatic N) is 2. The normalized spacial score (nSPS) is 16.0. The smallest absolute Gasteiger partial charge is 0.412 e. The van der Waals surface area contributed by atoms with E-state index in [1.165, 1.54) is 6.07 Å². The Bertz CT molecular complexity index is 798. The lowest BCUT2D eigenvalue weighted by Crippen LogP contribution is -2.28. The predicted octanol–water partition coefficient (Wildman–Crippen LogP) is 2.20. The molecule has 1 unspecified atom stereocenters. The van der Waals surface area contributed by atoms with Crippen molar-refractivity contribution < 1.29 is 19.3 Å². The van der Waals surface area contributed by atoms with Gasteiger partial charge in [0.15, 0.2) is 0 Å². The van der Waals surface area contributed by atoms with Gasteiger partial charge in [-0.05, 0) is 6.92 Å². The molecule has 0 spiro atoms. The first-order valence-electron chi connectivity index (χ1n) is 7.53. The number of ether oxygens (including phenoxy) is 1. The number of carbonyl (C=O) groups is 1. The van der Waals surface area contributed by atoms with Gasteiger partial charge < -0.3 is 15.9 Å². The number of benzene rings is 1. The summed E-state index contributed by atoms with van der Waals surface area (Å²) >= 11 is 0. The van der Waals surface area contributed by atoms with Crippen molar-refractivity contribution in [2.45, 2.75) is 13.2 Å². The van der Waals surface area contributed by atoms with E-state index in [1.807, 2.05) is 18.2 Å². The fourth-order valence-corrected chi connectivity index (χ4v) is 2.27. The number of nitrogen functional groups attached to an aromatic ring is 1. The maximum atomic E-state index is 12.3. The molecule has 1 atom stereocenters.